The Hall–Kier alpha value is -0.820. The van der Waals surface area contributed by atoms with Crippen LogP contribution < -0.4 is 0 Å². The molecule has 0 unspecified atom stereocenters. The molecule has 0 N–H and O–H groups in total. The van der Waals surface area contributed by atoms with E-state index in [0.29, 0.717) is 6.42 Å². The molecule has 1 aliphatic rings. The minimum absolute atomic E-state index is 0.245. The molecular formula is C12H13ClO. The fraction of sp³-hybridized carbons (Fsp3) is 0.417. The largest absolute Gasteiger partial charge is 0.281 e. The van der Waals surface area contributed by atoms with Crippen LogP contribution in [0.25, 0.3) is 0 Å². The van der Waals surface area contributed by atoms with Crippen molar-refractivity contribution in [1.29, 1.82) is 0 Å². The normalized spacial score (nSPS) is 14.1. The van der Waals surface area contributed by atoms with E-state index in [1.54, 1.807) is 0 Å². The lowest BCUT2D eigenvalue weighted by molar-refractivity contribution is -0.111. The van der Waals surface area contributed by atoms with Crippen molar-refractivity contribution >= 4 is 16.8 Å². The molecule has 0 amide bonds. The maximum Gasteiger partial charge on any atom is 0.221 e. The first-order valence-corrected chi connectivity index (χ1v) is 5.42. The Kier molecular flexibility index (Phi) is 2.87. The van der Waals surface area contributed by atoms with Gasteiger partial charge >= 0.3 is 0 Å². The Morgan fingerprint density at radius 2 is 2.07 bits per heavy atom. The molecule has 0 radical (unpaired) electrons. The average Bonchev–Trinajstić information content (AvgIpc) is 2.61. The highest BCUT2D eigenvalue weighted by atomic mass is 35.5. The van der Waals surface area contributed by atoms with Gasteiger partial charge in [0.05, 0.1) is 0 Å². The van der Waals surface area contributed by atoms with Crippen LogP contribution in [0.4, 0.5) is 0 Å². The second-order valence-electron chi connectivity index (χ2n) is 3.81. The number of rotatable bonds is 3. The molecule has 74 valence electrons. The third kappa shape index (κ3) is 2.16. The van der Waals surface area contributed by atoms with Crippen LogP contribution in [0.1, 0.15) is 29.5 Å². The third-order valence-electron chi connectivity index (χ3n) is 2.77. The number of carbonyl (C=O) groups is 1. The molecule has 0 atom stereocenters. The maximum absolute atomic E-state index is 10.6. The van der Waals surface area contributed by atoms with Crippen LogP contribution in [0.3, 0.4) is 0 Å². The predicted molar refractivity (Wildman–Crippen MR) is 57.6 cm³/mol. The van der Waals surface area contributed by atoms with Crippen LogP contribution in [0.2, 0.25) is 0 Å². The summed E-state index contributed by atoms with van der Waals surface area (Å²) in [5.41, 5.74) is 4.18. The van der Waals surface area contributed by atoms with Crippen LogP contribution in [-0.4, -0.2) is 5.24 Å². The second-order valence-corrected chi connectivity index (χ2v) is 4.23. The van der Waals surface area contributed by atoms with E-state index in [0.717, 1.165) is 6.42 Å². The van der Waals surface area contributed by atoms with E-state index < -0.39 is 0 Å². The molecule has 14 heavy (non-hydrogen) atoms. The molecule has 0 fully saturated rings. The van der Waals surface area contributed by atoms with E-state index in [1.807, 2.05) is 0 Å². The van der Waals surface area contributed by atoms with Crippen LogP contribution in [-0.2, 0) is 24.1 Å². The van der Waals surface area contributed by atoms with Crippen LogP contribution in [0.15, 0.2) is 18.2 Å². The van der Waals surface area contributed by atoms with Crippen molar-refractivity contribution < 1.29 is 4.79 Å². The number of halogens is 1. The Bertz CT molecular complexity index is 357. The first-order valence-electron chi connectivity index (χ1n) is 5.05. The number of hydrogen-bond donors (Lipinski definition) is 0. The molecule has 1 aromatic carbocycles. The lowest BCUT2D eigenvalue weighted by Gasteiger charge is -2.03. The molecule has 1 aliphatic carbocycles. The molecule has 2 heteroatoms. The minimum atomic E-state index is -0.245. The summed E-state index contributed by atoms with van der Waals surface area (Å²) in [6.07, 6.45) is 4.89. The van der Waals surface area contributed by atoms with Crippen molar-refractivity contribution in [3.8, 4) is 0 Å². The number of carbonyl (C=O) groups excluding carboxylic acids is 1. The van der Waals surface area contributed by atoms with Crippen molar-refractivity contribution in [3.05, 3.63) is 34.9 Å². The summed E-state index contributed by atoms with van der Waals surface area (Å²) in [6.45, 7) is 0. The van der Waals surface area contributed by atoms with Gasteiger partial charge in [0.25, 0.3) is 0 Å². The van der Waals surface area contributed by atoms with E-state index >= 15 is 0 Å². The highest BCUT2D eigenvalue weighted by Gasteiger charge is 2.10. The third-order valence-corrected chi connectivity index (χ3v) is 2.96. The monoisotopic (exact) mass is 208 g/mol. The molecule has 2 rings (SSSR count). The quantitative estimate of drug-likeness (QED) is 0.699. The highest BCUT2D eigenvalue weighted by Crippen LogP contribution is 2.23. The molecule has 1 aromatic rings. The zero-order valence-electron chi connectivity index (χ0n) is 8.05. The van der Waals surface area contributed by atoms with Gasteiger partial charge in [0.15, 0.2) is 0 Å². The first kappa shape index (κ1) is 9.72. The average molecular weight is 209 g/mol. The Balaban J connectivity index is 2.09. The van der Waals surface area contributed by atoms with Gasteiger partial charge in [-0.1, -0.05) is 18.2 Å². The standard InChI is InChI=1S/C12H13ClO/c13-12(14)7-5-9-4-6-10-2-1-3-11(10)8-9/h4,6,8H,1-3,5,7H2. The van der Waals surface area contributed by atoms with Crippen LogP contribution >= 0.6 is 11.6 Å². The molecule has 0 saturated carbocycles. The Morgan fingerprint density at radius 1 is 1.29 bits per heavy atom. The lowest BCUT2D eigenvalue weighted by atomic mass is 10.0. The molecule has 0 aromatic heterocycles. The maximum atomic E-state index is 10.6. The van der Waals surface area contributed by atoms with Crippen molar-refractivity contribution in [2.45, 2.75) is 32.1 Å². The number of hydrogen-bond acceptors (Lipinski definition) is 1. The van der Waals surface area contributed by atoms with Crippen molar-refractivity contribution in [1.82, 2.24) is 0 Å². The molecule has 0 spiro atoms. The van der Waals surface area contributed by atoms with Crippen LogP contribution in [0.5, 0.6) is 0 Å². The second kappa shape index (κ2) is 4.14. The van der Waals surface area contributed by atoms with Gasteiger partial charge < -0.3 is 0 Å². The van der Waals surface area contributed by atoms with Gasteiger partial charge in [0, 0.05) is 6.42 Å². The van der Waals surface area contributed by atoms with Crippen molar-refractivity contribution in [2.24, 2.45) is 0 Å². The van der Waals surface area contributed by atoms with E-state index in [2.05, 4.69) is 18.2 Å². The number of aryl methyl sites for hydroxylation is 3. The number of fused-ring (bicyclic) bond motifs is 1. The predicted octanol–water partition coefficient (Wildman–Crippen LogP) is 2.87. The van der Waals surface area contributed by atoms with Gasteiger partial charge in [-0.05, 0) is 54.0 Å². The molecule has 0 saturated heterocycles. The van der Waals surface area contributed by atoms with Crippen molar-refractivity contribution in [2.75, 3.05) is 0 Å². The Labute approximate surface area is 89.1 Å². The zero-order chi connectivity index (χ0) is 9.97. The summed E-state index contributed by atoms with van der Waals surface area (Å²) in [4.78, 5) is 10.6. The smallest absolute Gasteiger partial charge is 0.221 e. The summed E-state index contributed by atoms with van der Waals surface area (Å²) >= 11 is 5.31. The summed E-state index contributed by atoms with van der Waals surface area (Å²) < 4.78 is 0. The summed E-state index contributed by atoms with van der Waals surface area (Å²) in [6, 6.07) is 6.53. The van der Waals surface area contributed by atoms with Gasteiger partial charge in [0.1, 0.15) is 0 Å². The van der Waals surface area contributed by atoms with Gasteiger partial charge in [-0.25, -0.2) is 0 Å². The molecular weight excluding hydrogens is 196 g/mol. The van der Waals surface area contributed by atoms with E-state index in [4.69, 9.17) is 11.6 Å². The van der Waals surface area contributed by atoms with Gasteiger partial charge in [-0.2, -0.15) is 0 Å². The summed E-state index contributed by atoms with van der Waals surface area (Å²) in [5, 5.41) is -0.245. The Morgan fingerprint density at radius 3 is 2.86 bits per heavy atom. The first-order chi connectivity index (χ1) is 6.75. The SMILES string of the molecule is O=C(Cl)CCc1ccc2c(c1)CCC2. The molecule has 0 heterocycles. The van der Waals surface area contributed by atoms with Gasteiger partial charge in [0.2, 0.25) is 5.24 Å². The van der Waals surface area contributed by atoms with Crippen molar-refractivity contribution in [3.63, 3.8) is 0 Å². The molecule has 0 bridgehead atoms. The molecule has 1 nitrogen and oxygen atoms in total. The van der Waals surface area contributed by atoms with Gasteiger partial charge in [-0.3, -0.25) is 4.79 Å². The fourth-order valence-corrected chi connectivity index (χ4v) is 2.12. The van der Waals surface area contributed by atoms with E-state index in [1.165, 1.54) is 36.0 Å². The summed E-state index contributed by atoms with van der Waals surface area (Å²) in [5.74, 6) is 0. The van der Waals surface area contributed by atoms with Crippen LogP contribution in [0, 0.1) is 0 Å². The van der Waals surface area contributed by atoms with Gasteiger partial charge in [-0.15, -0.1) is 0 Å². The summed E-state index contributed by atoms with van der Waals surface area (Å²) in [7, 11) is 0. The topological polar surface area (TPSA) is 17.1 Å². The zero-order valence-corrected chi connectivity index (χ0v) is 8.81. The molecule has 0 aliphatic heterocycles. The van der Waals surface area contributed by atoms with E-state index in [9.17, 15) is 4.79 Å². The minimum Gasteiger partial charge on any atom is -0.281 e. The highest BCUT2D eigenvalue weighted by molar-refractivity contribution is 6.63. The lowest BCUT2D eigenvalue weighted by Crippen LogP contribution is -1.93. The van der Waals surface area contributed by atoms with E-state index in [-0.39, 0.29) is 5.24 Å². The fourth-order valence-electron chi connectivity index (χ4n) is 2.02. The number of benzene rings is 1.